The molecule has 3 aromatic rings. The predicted molar refractivity (Wildman–Crippen MR) is 211 cm³/mol. The Morgan fingerprint density at radius 2 is 1.29 bits per heavy atom. The van der Waals surface area contributed by atoms with E-state index in [9.17, 15) is 5.11 Å². The molecule has 0 aliphatic heterocycles. The van der Waals surface area contributed by atoms with E-state index in [4.69, 9.17) is 23.3 Å². The van der Waals surface area contributed by atoms with Crippen molar-refractivity contribution >= 4 is 23.2 Å². The van der Waals surface area contributed by atoms with Crippen LogP contribution in [0.4, 0.5) is 0 Å². The van der Waals surface area contributed by atoms with E-state index in [-0.39, 0.29) is 19.6 Å². The van der Waals surface area contributed by atoms with Gasteiger partial charge in [0.1, 0.15) is 43.3 Å². The van der Waals surface area contributed by atoms with Gasteiger partial charge in [-0.1, -0.05) is 93.5 Å². The zero-order valence-electron chi connectivity index (χ0n) is 32.0. The first kappa shape index (κ1) is 42.0. The standard InChI is InChI=1S/C28H38O4P2.C11H16O2.C2H6/c1-20(2)33-31-25-14-10-8-12-23(25)24-13-9-11-15-26(24)32-34-28(6,27(3,4)5)30-22-18-16-21(29-7)17-19-22;1-11(2,3)9-7-8(13-4)5-6-10(9)12;1-2/h8,10,12-20,33-34H,9,11H2,1-7H3;5-7,12H,1-4H3;1-2H3. The topological polar surface area (TPSA) is 66.4 Å². The number of ether oxygens (including phenoxy) is 3. The van der Waals surface area contributed by atoms with Gasteiger partial charge in [0.15, 0.2) is 5.34 Å². The monoisotopic (exact) mass is 710 g/mol. The van der Waals surface area contributed by atoms with Crippen LogP contribution in [0.5, 0.6) is 28.7 Å². The number of phenols is 1. The van der Waals surface area contributed by atoms with Gasteiger partial charge in [0.2, 0.25) is 0 Å². The summed E-state index contributed by atoms with van der Waals surface area (Å²) in [6.07, 6.45) is 6.41. The summed E-state index contributed by atoms with van der Waals surface area (Å²) in [6, 6.07) is 21.3. The van der Waals surface area contributed by atoms with Crippen molar-refractivity contribution in [2.75, 3.05) is 14.2 Å². The summed E-state index contributed by atoms with van der Waals surface area (Å²) in [5.41, 5.74) is 3.38. The molecule has 3 aromatic carbocycles. The average Bonchev–Trinajstić information content (AvgIpc) is 3.07. The zero-order valence-corrected chi connectivity index (χ0v) is 34.0. The van der Waals surface area contributed by atoms with Crippen molar-refractivity contribution in [3.63, 3.8) is 0 Å². The van der Waals surface area contributed by atoms with Crippen LogP contribution in [-0.4, -0.2) is 30.3 Å². The molecule has 3 unspecified atom stereocenters. The van der Waals surface area contributed by atoms with E-state index in [0.29, 0.717) is 20.2 Å². The second-order valence-electron chi connectivity index (χ2n) is 14.0. The number of hydrogen-bond acceptors (Lipinski definition) is 6. The lowest BCUT2D eigenvalue weighted by atomic mass is 9.86. The van der Waals surface area contributed by atoms with Gasteiger partial charge in [0.25, 0.3) is 0 Å². The number of allylic oxidation sites excluding steroid dienone is 3. The first-order valence-corrected chi connectivity index (χ1v) is 19.0. The number of rotatable bonds is 11. The molecule has 4 rings (SSSR count). The van der Waals surface area contributed by atoms with E-state index < -0.39 is 5.34 Å². The molecule has 0 spiro atoms. The highest BCUT2D eigenvalue weighted by Gasteiger charge is 2.42. The van der Waals surface area contributed by atoms with E-state index in [1.165, 1.54) is 0 Å². The summed E-state index contributed by atoms with van der Waals surface area (Å²) < 4.78 is 29.7. The summed E-state index contributed by atoms with van der Waals surface area (Å²) in [4.78, 5) is 0. The van der Waals surface area contributed by atoms with Crippen molar-refractivity contribution < 1.29 is 28.4 Å². The SMILES string of the molecule is CC.COc1ccc(O)c(C(C)(C)C)c1.COc1ccc(OC(C)(POC2=CCCC=C2c2ccccc2OPC(C)C)C(C)(C)C)cc1. The van der Waals surface area contributed by atoms with Gasteiger partial charge in [-0.25, -0.2) is 0 Å². The van der Waals surface area contributed by atoms with Gasteiger partial charge < -0.3 is 28.4 Å². The molecule has 0 heterocycles. The zero-order chi connectivity index (χ0) is 36.8. The lowest BCUT2D eigenvalue weighted by molar-refractivity contribution is 0.0586. The normalized spacial score (nSPS) is 14.6. The Labute approximate surface area is 300 Å². The molecule has 0 fully saturated rings. The van der Waals surface area contributed by atoms with Crippen molar-refractivity contribution in [3.8, 4) is 28.7 Å². The van der Waals surface area contributed by atoms with Crippen LogP contribution in [0.25, 0.3) is 5.57 Å². The second-order valence-corrected chi connectivity index (χ2v) is 17.0. The molecule has 49 heavy (non-hydrogen) atoms. The number of hydrogen-bond donors (Lipinski definition) is 1. The maximum atomic E-state index is 9.61. The first-order chi connectivity index (χ1) is 23.1. The molecule has 0 bridgehead atoms. The van der Waals surface area contributed by atoms with Crippen molar-refractivity contribution in [1.29, 1.82) is 0 Å². The molecular formula is C41H60O6P2. The summed E-state index contributed by atoms with van der Waals surface area (Å²) >= 11 is 0. The predicted octanol–water partition coefficient (Wildman–Crippen LogP) is 12.3. The van der Waals surface area contributed by atoms with Crippen LogP contribution in [0.1, 0.15) is 100 Å². The minimum Gasteiger partial charge on any atom is -0.508 e. The molecule has 270 valence electrons. The Morgan fingerprint density at radius 3 is 1.86 bits per heavy atom. The maximum Gasteiger partial charge on any atom is 0.162 e. The number of aromatic hydroxyl groups is 1. The Kier molecular flexibility index (Phi) is 16.5. The minimum absolute atomic E-state index is 0.0569. The summed E-state index contributed by atoms with van der Waals surface area (Å²) in [7, 11) is 3.82. The summed E-state index contributed by atoms with van der Waals surface area (Å²) in [5.74, 6) is 4.53. The Balaban J connectivity index is 0.000000464. The van der Waals surface area contributed by atoms with Gasteiger partial charge in [-0.3, -0.25) is 0 Å². The van der Waals surface area contributed by atoms with Crippen LogP contribution in [0, 0.1) is 5.41 Å². The minimum atomic E-state index is -0.528. The van der Waals surface area contributed by atoms with Crippen LogP contribution in [-0.2, 0) is 9.94 Å². The molecule has 1 aliphatic rings. The summed E-state index contributed by atoms with van der Waals surface area (Å²) in [6.45, 7) is 23.2. The van der Waals surface area contributed by atoms with Gasteiger partial charge in [-0.15, -0.1) is 0 Å². The first-order valence-electron chi connectivity index (χ1n) is 17.1. The van der Waals surface area contributed by atoms with E-state index >= 15 is 0 Å². The van der Waals surface area contributed by atoms with Crippen LogP contribution in [0.2, 0.25) is 0 Å². The number of phenolic OH excluding ortho intramolecular Hbond substituents is 1. The number of para-hydroxylation sites is 1. The third-order valence-corrected chi connectivity index (χ3v) is 10.2. The van der Waals surface area contributed by atoms with Crippen LogP contribution >= 0.6 is 17.6 Å². The van der Waals surface area contributed by atoms with Crippen LogP contribution in [0.3, 0.4) is 0 Å². The Bertz CT molecular complexity index is 1500. The molecule has 8 heteroatoms. The molecule has 0 radical (unpaired) electrons. The molecule has 6 nitrogen and oxygen atoms in total. The average molecular weight is 711 g/mol. The van der Waals surface area contributed by atoms with Crippen LogP contribution in [0.15, 0.2) is 84.6 Å². The van der Waals surface area contributed by atoms with E-state index in [0.717, 1.165) is 58.3 Å². The van der Waals surface area contributed by atoms with Gasteiger partial charge in [-0.2, -0.15) is 0 Å². The molecule has 3 atom stereocenters. The molecular weight excluding hydrogens is 650 g/mol. The Hall–Kier alpha value is -3.20. The fourth-order valence-electron chi connectivity index (χ4n) is 4.55. The number of benzene rings is 3. The van der Waals surface area contributed by atoms with Gasteiger partial charge >= 0.3 is 0 Å². The third-order valence-electron chi connectivity index (χ3n) is 7.87. The molecule has 0 amide bonds. The summed E-state index contributed by atoms with van der Waals surface area (Å²) in [5, 5.41) is 9.08. The molecule has 0 saturated carbocycles. The molecule has 1 aliphatic carbocycles. The smallest absolute Gasteiger partial charge is 0.162 e. The van der Waals surface area contributed by atoms with Gasteiger partial charge in [0.05, 0.1) is 23.0 Å². The third kappa shape index (κ3) is 12.6. The maximum absolute atomic E-state index is 9.61. The van der Waals surface area contributed by atoms with Crippen LogP contribution < -0.4 is 18.7 Å². The molecule has 0 saturated heterocycles. The van der Waals surface area contributed by atoms with E-state index in [1.54, 1.807) is 26.4 Å². The highest BCUT2D eigenvalue weighted by Crippen LogP contribution is 2.50. The van der Waals surface area contributed by atoms with Crippen molar-refractivity contribution in [1.82, 2.24) is 0 Å². The van der Waals surface area contributed by atoms with E-state index in [2.05, 4.69) is 86.6 Å². The largest absolute Gasteiger partial charge is 0.508 e. The van der Waals surface area contributed by atoms with Gasteiger partial charge in [0, 0.05) is 27.8 Å². The quantitative estimate of drug-likeness (QED) is 0.200. The van der Waals surface area contributed by atoms with Crippen molar-refractivity contribution in [2.24, 2.45) is 5.41 Å². The fourth-order valence-corrected chi connectivity index (χ4v) is 6.06. The number of methoxy groups -OCH3 is 2. The molecule has 0 aromatic heterocycles. The lowest BCUT2D eigenvalue weighted by Gasteiger charge is -2.41. The van der Waals surface area contributed by atoms with Gasteiger partial charge in [-0.05, 0) is 79.8 Å². The highest BCUT2D eigenvalue weighted by atomic mass is 31.1. The highest BCUT2D eigenvalue weighted by molar-refractivity contribution is 7.34. The Morgan fingerprint density at radius 1 is 0.714 bits per heavy atom. The molecule has 1 N–H and O–H groups in total. The second kappa shape index (κ2) is 19.3. The fraction of sp³-hybridized carbons (Fsp3) is 0.463. The lowest BCUT2D eigenvalue weighted by Crippen LogP contribution is -2.41. The van der Waals surface area contributed by atoms with Crippen molar-refractivity contribution in [3.05, 3.63) is 95.8 Å². The van der Waals surface area contributed by atoms with E-state index in [1.807, 2.05) is 56.3 Å². The van der Waals surface area contributed by atoms with Crippen molar-refractivity contribution in [2.45, 2.75) is 105 Å².